The molecule has 0 saturated carbocycles. The second kappa shape index (κ2) is 18.4. The maximum Gasteiger partial charge on any atom is 0.329 e. The highest BCUT2D eigenvalue weighted by atomic mass is 32.2. The number of carbonyl (C=O) groups excluding carboxylic acids is 2. The molecule has 0 aromatic carbocycles. The van der Waals surface area contributed by atoms with Gasteiger partial charge in [-0.1, -0.05) is 0 Å². The molecule has 0 aromatic heterocycles. The standard InChI is InChI=1S/C18H35N3O2S6/c22-17-19(4-1-10-27-13-7-24)16-20(5-2-11-28-14-8-25)18(23)21(17)6-3-12-29-15-9-26/h24-26H,1-16H2. The molecule has 0 aromatic rings. The van der Waals surface area contributed by atoms with Gasteiger partial charge < -0.3 is 9.80 Å². The van der Waals surface area contributed by atoms with E-state index in [2.05, 4.69) is 37.9 Å². The van der Waals surface area contributed by atoms with E-state index in [-0.39, 0.29) is 12.1 Å². The summed E-state index contributed by atoms with van der Waals surface area (Å²) in [7, 11) is 0. The fourth-order valence-electron chi connectivity index (χ4n) is 2.81. The third-order valence-corrected chi connectivity index (χ3v) is 8.94. The molecule has 0 bridgehead atoms. The molecule has 0 N–H and O–H groups in total. The Morgan fingerprint density at radius 1 is 0.621 bits per heavy atom. The number of hydrogen-bond donors (Lipinski definition) is 3. The molecule has 0 radical (unpaired) electrons. The summed E-state index contributed by atoms with van der Waals surface area (Å²) in [6.07, 6.45) is 2.71. The van der Waals surface area contributed by atoms with Crippen LogP contribution in [0.25, 0.3) is 0 Å². The molecule has 1 heterocycles. The molecule has 170 valence electrons. The Morgan fingerprint density at radius 3 is 1.38 bits per heavy atom. The zero-order chi connectivity index (χ0) is 21.3. The minimum Gasteiger partial charge on any atom is -0.306 e. The predicted octanol–water partition coefficient (Wildman–Crippen LogP) is 4.26. The normalized spacial score (nSPS) is 14.9. The highest BCUT2D eigenvalue weighted by molar-refractivity contribution is 8.00. The van der Waals surface area contributed by atoms with Crippen LogP contribution < -0.4 is 0 Å². The Morgan fingerprint density at radius 2 is 1.00 bits per heavy atom. The lowest BCUT2D eigenvalue weighted by Crippen LogP contribution is -2.61. The van der Waals surface area contributed by atoms with E-state index in [1.165, 1.54) is 4.90 Å². The van der Waals surface area contributed by atoms with Gasteiger partial charge in [0.1, 0.15) is 0 Å². The summed E-state index contributed by atoms with van der Waals surface area (Å²) in [6.45, 7) is 2.30. The Hall–Kier alpha value is 0.840. The summed E-state index contributed by atoms with van der Waals surface area (Å²) in [5.41, 5.74) is 0. The maximum atomic E-state index is 12.9. The minimum atomic E-state index is -0.130. The van der Waals surface area contributed by atoms with Gasteiger partial charge in [-0.05, 0) is 53.8 Å². The zero-order valence-corrected chi connectivity index (χ0v) is 22.2. The van der Waals surface area contributed by atoms with Crippen molar-refractivity contribution in [3.8, 4) is 0 Å². The van der Waals surface area contributed by atoms with Crippen LogP contribution in [0.1, 0.15) is 19.3 Å². The number of thiol groups is 3. The topological polar surface area (TPSA) is 43.9 Å². The number of hydrogen-bond acceptors (Lipinski definition) is 8. The van der Waals surface area contributed by atoms with Crippen LogP contribution in [0.15, 0.2) is 0 Å². The average Bonchev–Trinajstić information content (AvgIpc) is 2.72. The van der Waals surface area contributed by atoms with Gasteiger partial charge in [-0.25, -0.2) is 14.5 Å². The molecule has 29 heavy (non-hydrogen) atoms. The van der Waals surface area contributed by atoms with Gasteiger partial charge in [0.25, 0.3) is 0 Å². The lowest BCUT2D eigenvalue weighted by atomic mass is 10.3. The smallest absolute Gasteiger partial charge is 0.306 e. The van der Waals surface area contributed by atoms with Gasteiger partial charge in [0, 0.05) is 36.9 Å². The van der Waals surface area contributed by atoms with Crippen molar-refractivity contribution in [2.75, 3.05) is 78.1 Å². The third kappa shape index (κ3) is 11.9. The average molecular weight is 518 g/mol. The van der Waals surface area contributed by atoms with Crippen LogP contribution in [-0.4, -0.2) is 105 Å². The molecule has 4 amide bonds. The second-order valence-electron chi connectivity index (χ2n) is 6.45. The first kappa shape index (κ1) is 27.9. The number of amides is 4. The molecule has 0 unspecified atom stereocenters. The summed E-state index contributed by atoms with van der Waals surface area (Å²) in [4.78, 5) is 30.9. The number of thioether (sulfide) groups is 3. The first-order chi connectivity index (χ1) is 14.2. The second-order valence-corrected chi connectivity index (χ2v) is 11.5. The monoisotopic (exact) mass is 517 g/mol. The number of carbonyl (C=O) groups is 2. The van der Waals surface area contributed by atoms with Crippen molar-refractivity contribution in [3.63, 3.8) is 0 Å². The maximum absolute atomic E-state index is 12.9. The van der Waals surface area contributed by atoms with Crippen LogP contribution in [0.3, 0.4) is 0 Å². The predicted molar refractivity (Wildman–Crippen MR) is 143 cm³/mol. The van der Waals surface area contributed by atoms with E-state index in [0.29, 0.717) is 26.3 Å². The van der Waals surface area contributed by atoms with Gasteiger partial charge in [0.15, 0.2) is 0 Å². The van der Waals surface area contributed by atoms with Crippen LogP contribution in [0.2, 0.25) is 0 Å². The van der Waals surface area contributed by atoms with Gasteiger partial charge in [-0.3, -0.25) is 0 Å². The number of rotatable bonds is 18. The largest absolute Gasteiger partial charge is 0.329 e. The summed E-state index contributed by atoms with van der Waals surface area (Å²) in [6, 6.07) is -0.261. The Kier molecular flexibility index (Phi) is 17.7. The van der Waals surface area contributed by atoms with Crippen molar-refractivity contribution >= 4 is 85.2 Å². The molecule has 11 heteroatoms. The van der Waals surface area contributed by atoms with Crippen LogP contribution in [-0.2, 0) is 0 Å². The number of urea groups is 2. The van der Waals surface area contributed by atoms with E-state index >= 15 is 0 Å². The summed E-state index contributed by atoms with van der Waals surface area (Å²) in [5, 5.41) is 0. The Bertz CT molecular complexity index is 429. The van der Waals surface area contributed by atoms with Crippen molar-refractivity contribution in [3.05, 3.63) is 0 Å². The lowest BCUT2D eigenvalue weighted by Gasteiger charge is -2.41. The van der Waals surface area contributed by atoms with Crippen molar-refractivity contribution in [2.24, 2.45) is 0 Å². The number of imide groups is 1. The lowest BCUT2D eigenvalue weighted by molar-refractivity contribution is 0.0783. The van der Waals surface area contributed by atoms with Crippen LogP contribution in [0.4, 0.5) is 9.59 Å². The van der Waals surface area contributed by atoms with Gasteiger partial charge in [0.2, 0.25) is 0 Å². The van der Waals surface area contributed by atoms with Gasteiger partial charge in [0.05, 0.1) is 6.67 Å². The van der Waals surface area contributed by atoms with Gasteiger partial charge in [-0.2, -0.15) is 73.2 Å². The highest BCUT2D eigenvalue weighted by Crippen LogP contribution is 2.17. The molecular weight excluding hydrogens is 483 g/mol. The van der Waals surface area contributed by atoms with Crippen molar-refractivity contribution in [2.45, 2.75) is 19.3 Å². The van der Waals surface area contributed by atoms with Crippen LogP contribution in [0, 0.1) is 0 Å². The van der Waals surface area contributed by atoms with E-state index in [1.54, 1.807) is 0 Å². The van der Waals surface area contributed by atoms with E-state index in [4.69, 9.17) is 0 Å². The quantitative estimate of drug-likeness (QED) is 0.187. The molecule has 0 atom stereocenters. The first-order valence-electron chi connectivity index (χ1n) is 10.1. The van der Waals surface area contributed by atoms with Gasteiger partial charge >= 0.3 is 12.1 Å². The fourth-order valence-corrected chi connectivity index (χ4v) is 5.98. The van der Waals surface area contributed by atoms with Crippen molar-refractivity contribution < 1.29 is 9.59 Å². The molecule has 1 aliphatic rings. The van der Waals surface area contributed by atoms with E-state index in [0.717, 1.165) is 71.0 Å². The molecule has 0 aliphatic carbocycles. The number of nitrogens with zero attached hydrogens (tertiary/aromatic N) is 3. The van der Waals surface area contributed by atoms with Gasteiger partial charge in [-0.15, -0.1) is 0 Å². The van der Waals surface area contributed by atoms with E-state index in [1.807, 2.05) is 45.1 Å². The minimum absolute atomic E-state index is 0.130. The highest BCUT2D eigenvalue weighted by Gasteiger charge is 2.36. The fraction of sp³-hybridized carbons (Fsp3) is 0.889. The summed E-state index contributed by atoms with van der Waals surface area (Å²) in [5.74, 6) is 8.63. The molecular formula is C18H35N3O2S6. The first-order valence-corrected chi connectivity index (χ1v) is 15.4. The summed E-state index contributed by atoms with van der Waals surface area (Å²) >= 11 is 18.2. The molecule has 1 aliphatic heterocycles. The molecule has 1 fully saturated rings. The van der Waals surface area contributed by atoms with Crippen molar-refractivity contribution in [1.29, 1.82) is 0 Å². The van der Waals surface area contributed by atoms with Crippen LogP contribution >= 0.6 is 73.2 Å². The Labute approximate surface area is 205 Å². The Balaban J connectivity index is 2.57. The van der Waals surface area contributed by atoms with E-state index < -0.39 is 0 Å². The molecule has 5 nitrogen and oxygen atoms in total. The van der Waals surface area contributed by atoms with E-state index in [9.17, 15) is 9.59 Å². The molecule has 1 rings (SSSR count). The van der Waals surface area contributed by atoms with Crippen LogP contribution in [0.5, 0.6) is 0 Å². The zero-order valence-electron chi connectivity index (χ0n) is 17.0. The molecule has 1 saturated heterocycles. The van der Waals surface area contributed by atoms with Crippen molar-refractivity contribution in [1.82, 2.24) is 14.7 Å². The third-order valence-electron chi connectivity index (χ3n) is 4.15. The summed E-state index contributed by atoms with van der Waals surface area (Å²) < 4.78 is 0. The molecule has 0 spiro atoms. The SMILES string of the molecule is O=C1N(CCCSCCS)CN(CCCSCCS)C(=O)N1CCCSCCS.